The van der Waals surface area contributed by atoms with Crippen molar-refractivity contribution >= 4 is 49.0 Å². The molecule has 1 aromatic heterocycles. The van der Waals surface area contributed by atoms with Crippen LogP contribution in [0.3, 0.4) is 0 Å². The molecule has 0 aliphatic rings. The summed E-state index contributed by atoms with van der Waals surface area (Å²) in [5.41, 5.74) is 0.566. The Kier molecular flexibility index (Phi) is 5.92. The van der Waals surface area contributed by atoms with Crippen LogP contribution in [0.25, 0.3) is 0 Å². The molecule has 0 saturated heterocycles. The van der Waals surface area contributed by atoms with Crippen molar-refractivity contribution in [1.82, 2.24) is 0 Å². The van der Waals surface area contributed by atoms with E-state index in [1.165, 1.54) is 48.7 Å². The number of ketones is 1. The maximum Gasteiger partial charge on any atom is 0.262 e. The van der Waals surface area contributed by atoms with Crippen LogP contribution in [0.1, 0.15) is 21.6 Å². The van der Waals surface area contributed by atoms with Crippen LogP contribution in [0, 0.1) is 12.7 Å². The van der Waals surface area contributed by atoms with Gasteiger partial charge in [0, 0.05) is 28.3 Å². The number of benzene rings is 2. The number of pyridine rings is 1. The molecule has 2 aromatic carbocycles. The number of nitrogens with one attached hydrogen (secondary N) is 1. The Bertz CT molecular complexity index is 1230. The van der Waals surface area contributed by atoms with Crippen molar-refractivity contribution in [2.75, 3.05) is 4.72 Å². The van der Waals surface area contributed by atoms with E-state index < -0.39 is 21.6 Å². The maximum atomic E-state index is 13.8. The first kappa shape index (κ1) is 21.2. The molecule has 29 heavy (non-hydrogen) atoms. The smallest absolute Gasteiger partial charge is 0.262 e. The minimum atomic E-state index is -4.18. The van der Waals surface area contributed by atoms with Crippen LogP contribution in [0.15, 0.2) is 64.1 Å². The number of aryl methyl sites for hydroxylation is 1. The Morgan fingerprint density at radius 1 is 1.17 bits per heavy atom. The summed E-state index contributed by atoms with van der Waals surface area (Å²) in [6, 6.07) is 10.4. The van der Waals surface area contributed by atoms with Crippen molar-refractivity contribution in [2.24, 2.45) is 0 Å². The SMILES string of the molecule is Cc1ccc(C(=O)c2cc(Cl)ccc2NS(=O)(=O)c2ccc(Br)c(F)c2)c[n+]1O. The van der Waals surface area contributed by atoms with Crippen molar-refractivity contribution in [3.8, 4) is 0 Å². The van der Waals surface area contributed by atoms with Gasteiger partial charge in [-0.05, 0) is 58.4 Å². The second kappa shape index (κ2) is 8.10. The number of halogens is 3. The molecule has 2 N–H and O–H groups in total. The van der Waals surface area contributed by atoms with Crippen molar-refractivity contribution in [2.45, 2.75) is 11.8 Å². The van der Waals surface area contributed by atoms with E-state index >= 15 is 0 Å². The summed E-state index contributed by atoms with van der Waals surface area (Å²) in [6.07, 6.45) is 1.21. The normalized spacial score (nSPS) is 11.3. The van der Waals surface area contributed by atoms with E-state index in [1.54, 1.807) is 6.92 Å². The van der Waals surface area contributed by atoms with Gasteiger partial charge in [0.15, 0.2) is 0 Å². The summed E-state index contributed by atoms with van der Waals surface area (Å²) in [4.78, 5) is 12.6. The first-order chi connectivity index (χ1) is 13.6. The Balaban J connectivity index is 2.03. The van der Waals surface area contributed by atoms with Crippen LogP contribution in [0.5, 0.6) is 0 Å². The van der Waals surface area contributed by atoms with Crippen LogP contribution in [0.2, 0.25) is 5.02 Å². The van der Waals surface area contributed by atoms with E-state index in [0.717, 1.165) is 10.8 Å². The average molecular weight is 501 g/mol. The van der Waals surface area contributed by atoms with Gasteiger partial charge in [-0.3, -0.25) is 14.7 Å². The fourth-order valence-corrected chi connectivity index (χ4v) is 4.00. The van der Waals surface area contributed by atoms with Crippen molar-refractivity contribution in [3.05, 3.63) is 86.9 Å². The van der Waals surface area contributed by atoms with E-state index in [-0.39, 0.29) is 31.2 Å². The molecular weight excluding hydrogens is 487 g/mol. The first-order valence-corrected chi connectivity index (χ1v) is 10.8. The summed E-state index contributed by atoms with van der Waals surface area (Å²) in [6.45, 7) is 1.64. The molecule has 0 aliphatic heterocycles. The minimum Gasteiger partial charge on any atom is -0.288 e. The molecule has 150 valence electrons. The summed E-state index contributed by atoms with van der Waals surface area (Å²) >= 11 is 8.96. The molecule has 0 fully saturated rings. The highest BCUT2D eigenvalue weighted by atomic mass is 79.9. The third-order valence-electron chi connectivity index (χ3n) is 4.06. The standard InChI is InChI=1S/C19H13BrClFN2O4S/c1-11-2-3-12(10-24(11)26)19(25)15-8-13(21)4-7-18(15)23-29(27,28)14-5-6-16(20)17(22)9-14/h2-10H,1H3,(H-,23,25,26)/p+1. The highest BCUT2D eigenvalue weighted by Crippen LogP contribution is 2.27. The summed E-state index contributed by atoms with van der Waals surface area (Å²) in [5, 5.41) is 10.0. The second-order valence-electron chi connectivity index (χ2n) is 6.10. The van der Waals surface area contributed by atoms with Crippen LogP contribution in [-0.2, 0) is 10.0 Å². The molecule has 0 radical (unpaired) electrons. The Labute approximate surface area is 179 Å². The first-order valence-electron chi connectivity index (χ1n) is 8.12. The number of anilines is 1. The molecule has 0 bridgehead atoms. The highest BCUT2D eigenvalue weighted by Gasteiger charge is 2.23. The monoisotopic (exact) mass is 499 g/mol. The lowest BCUT2D eigenvalue weighted by Gasteiger charge is -2.13. The van der Waals surface area contributed by atoms with Crippen molar-refractivity contribution in [1.29, 1.82) is 0 Å². The molecular formula is C19H14BrClFN2O4S+. The number of hydrogen-bond donors (Lipinski definition) is 2. The summed E-state index contributed by atoms with van der Waals surface area (Å²) in [5.74, 6) is -1.30. The molecule has 0 amide bonds. The zero-order valence-corrected chi connectivity index (χ0v) is 18.0. The van der Waals surface area contributed by atoms with Gasteiger partial charge in [-0.1, -0.05) is 11.6 Å². The van der Waals surface area contributed by atoms with Gasteiger partial charge in [0.2, 0.25) is 17.7 Å². The molecule has 1 heterocycles. The molecule has 0 atom stereocenters. The fraction of sp³-hybridized carbons (Fsp3) is 0.0526. The number of hydrogen-bond acceptors (Lipinski definition) is 4. The predicted molar refractivity (Wildman–Crippen MR) is 108 cm³/mol. The van der Waals surface area contributed by atoms with Crippen LogP contribution in [-0.4, -0.2) is 19.4 Å². The summed E-state index contributed by atoms with van der Waals surface area (Å²) < 4.78 is 42.3. The topological polar surface area (TPSA) is 87.4 Å². The lowest BCUT2D eigenvalue weighted by Crippen LogP contribution is -2.34. The van der Waals surface area contributed by atoms with Gasteiger partial charge >= 0.3 is 0 Å². The number of carbonyl (C=O) groups is 1. The number of rotatable bonds is 5. The number of aromatic nitrogens is 1. The lowest BCUT2D eigenvalue weighted by molar-refractivity contribution is -0.908. The molecule has 0 saturated carbocycles. The quantitative estimate of drug-likeness (QED) is 0.314. The molecule has 6 nitrogen and oxygen atoms in total. The molecule has 10 heteroatoms. The second-order valence-corrected chi connectivity index (χ2v) is 9.08. The van der Waals surface area contributed by atoms with Gasteiger partial charge in [-0.2, -0.15) is 0 Å². The van der Waals surface area contributed by atoms with Gasteiger partial charge in [-0.15, -0.1) is 0 Å². The van der Waals surface area contributed by atoms with E-state index in [9.17, 15) is 22.8 Å². The van der Waals surface area contributed by atoms with E-state index in [4.69, 9.17) is 11.6 Å². The van der Waals surface area contributed by atoms with E-state index in [1.807, 2.05) is 0 Å². The molecule has 3 aromatic rings. The van der Waals surface area contributed by atoms with Gasteiger partial charge < -0.3 is 0 Å². The molecule has 0 unspecified atom stereocenters. The van der Waals surface area contributed by atoms with Crippen molar-refractivity contribution in [3.63, 3.8) is 0 Å². The number of carbonyl (C=O) groups excluding carboxylic acids is 1. The Morgan fingerprint density at radius 2 is 1.90 bits per heavy atom. The fourth-order valence-electron chi connectivity index (χ4n) is 2.49. The van der Waals surface area contributed by atoms with Crippen molar-refractivity contribution < 1.29 is 27.5 Å². The molecule has 0 spiro atoms. The maximum absolute atomic E-state index is 13.8. The minimum absolute atomic E-state index is 0.0255. The van der Waals surface area contributed by atoms with Crippen LogP contribution in [0.4, 0.5) is 10.1 Å². The van der Waals surface area contributed by atoms with E-state index in [0.29, 0.717) is 5.69 Å². The molecule has 0 aliphatic carbocycles. The predicted octanol–water partition coefficient (Wildman–Crippen LogP) is 4.11. The largest absolute Gasteiger partial charge is 0.288 e. The zero-order valence-electron chi connectivity index (χ0n) is 14.9. The Morgan fingerprint density at radius 3 is 2.55 bits per heavy atom. The highest BCUT2D eigenvalue weighted by molar-refractivity contribution is 9.10. The van der Waals surface area contributed by atoms with Crippen LogP contribution < -0.4 is 9.45 Å². The zero-order chi connectivity index (χ0) is 21.3. The van der Waals surface area contributed by atoms with Gasteiger partial charge in [0.1, 0.15) is 5.82 Å². The summed E-state index contributed by atoms with van der Waals surface area (Å²) in [7, 11) is -4.18. The van der Waals surface area contributed by atoms with E-state index in [2.05, 4.69) is 20.7 Å². The third-order valence-corrected chi connectivity index (χ3v) is 6.30. The Hall–Kier alpha value is -2.49. The van der Waals surface area contributed by atoms with Gasteiger partial charge in [-0.25, -0.2) is 12.8 Å². The number of sulfonamides is 1. The van der Waals surface area contributed by atoms with Gasteiger partial charge in [0.05, 0.1) is 20.6 Å². The lowest BCUT2D eigenvalue weighted by atomic mass is 10.0. The third kappa shape index (κ3) is 4.58. The average Bonchev–Trinajstić information content (AvgIpc) is 2.66. The molecule has 3 rings (SSSR count). The van der Waals surface area contributed by atoms with Gasteiger partial charge in [0.25, 0.3) is 10.0 Å². The number of nitrogens with zero attached hydrogens (tertiary/aromatic N) is 1. The van der Waals surface area contributed by atoms with Crippen LogP contribution >= 0.6 is 27.5 Å².